The molecule has 0 saturated heterocycles. The summed E-state index contributed by atoms with van der Waals surface area (Å²) in [5.41, 5.74) is 0.651. The average Bonchev–Trinajstić information content (AvgIpc) is 2.47. The third-order valence-electron chi connectivity index (χ3n) is 2.72. The van der Waals surface area contributed by atoms with E-state index in [1.54, 1.807) is 36.4 Å². The van der Waals surface area contributed by atoms with E-state index in [0.29, 0.717) is 10.9 Å². The quantitative estimate of drug-likeness (QED) is 0.784. The first-order valence-electron chi connectivity index (χ1n) is 5.82. The van der Waals surface area contributed by atoms with Gasteiger partial charge in [0.15, 0.2) is 5.75 Å². The van der Waals surface area contributed by atoms with Crippen LogP contribution in [0.4, 0.5) is 0 Å². The lowest BCUT2D eigenvalue weighted by Gasteiger charge is -2.09. The van der Waals surface area contributed by atoms with Crippen molar-refractivity contribution in [2.75, 3.05) is 0 Å². The number of benzene rings is 1. The first kappa shape index (κ1) is 12.0. The SMILES string of the molecule is O=C(O)c1c(Oc2cccnn2)cnc2ccccc12. The highest BCUT2D eigenvalue weighted by Crippen LogP contribution is 2.28. The predicted octanol–water partition coefficient (Wildman–Crippen LogP) is 2.52. The van der Waals surface area contributed by atoms with Gasteiger partial charge in [-0.1, -0.05) is 18.2 Å². The standard InChI is InChI=1S/C14H9N3O3/c18-14(19)13-9-4-1-2-5-10(9)15-8-11(13)20-12-6-3-7-16-17-12/h1-8H,(H,18,19). The summed E-state index contributed by atoms with van der Waals surface area (Å²) in [5.74, 6) is -0.730. The van der Waals surface area contributed by atoms with Gasteiger partial charge in [0, 0.05) is 17.6 Å². The summed E-state index contributed by atoms with van der Waals surface area (Å²) >= 11 is 0. The zero-order valence-corrected chi connectivity index (χ0v) is 10.2. The summed E-state index contributed by atoms with van der Waals surface area (Å²) < 4.78 is 5.46. The molecule has 0 atom stereocenters. The Labute approximate surface area is 113 Å². The maximum Gasteiger partial charge on any atom is 0.340 e. The van der Waals surface area contributed by atoms with Gasteiger partial charge in [-0.05, 0) is 12.1 Å². The molecule has 0 spiro atoms. The molecule has 3 aromatic rings. The monoisotopic (exact) mass is 267 g/mol. The fraction of sp³-hybridized carbons (Fsp3) is 0. The van der Waals surface area contributed by atoms with Crippen molar-refractivity contribution in [3.05, 3.63) is 54.4 Å². The number of pyridine rings is 1. The third-order valence-corrected chi connectivity index (χ3v) is 2.72. The second kappa shape index (κ2) is 4.93. The van der Waals surface area contributed by atoms with Crippen LogP contribution in [0.2, 0.25) is 0 Å². The largest absolute Gasteiger partial charge is 0.478 e. The molecule has 0 aliphatic rings. The Hall–Kier alpha value is -3.02. The van der Waals surface area contributed by atoms with E-state index in [2.05, 4.69) is 15.2 Å². The van der Waals surface area contributed by atoms with Crippen LogP contribution in [0.25, 0.3) is 10.9 Å². The third kappa shape index (κ3) is 2.14. The molecule has 0 radical (unpaired) electrons. The Morgan fingerprint density at radius 3 is 2.75 bits per heavy atom. The smallest absolute Gasteiger partial charge is 0.340 e. The minimum atomic E-state index is -1.08. The van der Waals surface area contributed by atoms with Crippen LogP contribution in [0.5, 0.6) is 11.6 Å². The van der Waals surface area contributed by atoms with E-state index in [-0.39, 0.29) is 17.2 Å². The fourth-order valence-electron chi connectivity index (χ4n) is 1.88. The van der Waals surface area contributed by atoms with Gasteiger partial charge in [0.1, 0.15) is 5.56 Å². The van der Waals surface area contributed by atoms with Crippen molar-refractivity contribution in [3.8, 4) is 11.6 Å². The number of aromatic nitrogens is 3. The lowest BCUT2D eigenvalue weighted by Crippen LogP contribution is -2.03. The molecule has 6 nitrogen and oxygen atoms in total. The Morgan fingerprint density at radius 1 is 1.15 bits per heavy atom. The van der Waals surface area contributed by atoms with Gasteiger partial charge >= 0.3 is 5.97 Å². The molecule has 1 N–H and O–H groups in total. The first-order valence-corrected chi connectivity index (χ1v) is 5.82. The molecule has 20 heavy (non-hydrogen) atoms. The number of carbonyl (C=O) groups is 1. The summed E-state index contributed by atoms with van der Waals surface area (Å²) in [7, 11) is 0. The Kier molecular flexibility index (Phi) is 2.96. The van der Waals surface area contributed by atoms with Crippen molar-refractivity contribution < 1.29 is 14.6 Å². The van der Waals surface area contributed by atoms with Gasteiger partial charge in [0.2, 0.25) is 5.88 Å². The van der Waals surface area contributed by atoms with E-state index < -0.39 is 5.97 Å². The van der Waals surface area contributed by atoms with E-state index in [9.17, 15) is 9.90 Å². The highest BCUT2D eigenvalue weighted by atomic mass is 16.5. The van der Waals surface area contributed by atoms with E-state index in [1.165, 1.54) is 12.4 Å². The molecule has 0 unspecified atom stereocenters. The van der Waals surface area contributed by atoms with Gasteiger partial charge in [-0.2, -0.15) is 5.10 Å². The van der Waals surface area contributed by atoms with E-state index in [1.807, 2.05) is 0 Å². The lowest BCUT2D eigenvalue weighted by atomic mass is 10.1. The topological polar surface area (TPSA) is 85.2 Å². The van der Waals surface area contributed by atoms with Gasteiger partial charge < -0.3 is 9.84 Å². The second-order valence-electron chi connectivity index (χ2n) is 3.98. The number of hydrogen-bond donors (Lipinski definition) is 1. The van der Waals surface area contributed by atoms with Crippen LogP contribution in [0, 0.1) is 0 Å². The zero-order valence-electron chi connectivity index (χ0n) is 10.2. The van der Waals surface area contributed by atoms with E-state index in [4.69, 9.17) is 4.74 Å². The summed E-state index contributed by atoms with van der Waals surface area (Å²) in [5, 5.41) is 17.3. The first-order chi connectivity index (χ1) is 9.75. The molecule has 0 saturated carbocycles. The minimum absolute atomic E-state index is 0.0567. The second-order valence-corrected chi connectivity index (χ2v) is 3.98. The molecule has 0 fully saturated rings. The van der Waals surface area contributed by atoms with Crippen LogP contribution < -0.4 is 4.74 Å². The normalized spacial score (nSPS) is 10.4. The maximum absolute atomic E-state index is 11.5. The molecule has 0 aliphatic carbocycles. The number of fused-ring (bicyclic) bond motifs is 1. The van der Waals surface area contributed by atoms with E-state index in [0.717, 1.165) is 0 Å². The summed E-state index contributed by atoms with van der Waals surface area (Å²) in [6.07, 6.45) is 2.88. The number of rotatable bonds is 3. The van der Waals surface area contributed by atoms with Crippen molar-refractivity contribution in [2.24, 2.45) is 0 Å². The molecule has 2 heterocycles. The van der Waals surface area contributed by atoms with Crippen LogP contribution in [-0.4, -0.2) is 26.3 Å². The van der Waals surface area contributed by atoms with Gasteiger partial charge in [0.05, 0.1) is 11.7 Å². The van der Waals surface area contributed by atoms with Crippen molar-refractivity contribution in [1.29, 1.82) is 0 Å². The number of carboxylic acids is 1. The lowest BCUT2D eigenvalue weighted by molar-refractivity contribution is 0.0696. The Bertz CT molecular complexity index is 775. The summed E-state index contributed by atoms with van der Waals surface area (Å²) in [4.78, 5) is 15.7. The highest BCUT2D eigenvalue weighted by Gasteiger charge is 2.17. The van der Waals surface area contributed by atoms with Crippen LogP contribution in [0.1, 0.15) is 10.4 Å². The number of carboxylic acid groups (broad SMARTS) is 1. The van der Waals surface area contributed by atoms with Gasteiger partial charge in [-0.25, -0.2) is 4.79 Å². The molecule has 6 heteroatoms. The number of ether oxygens (including phenoxy) is 1. The Morgan fingerprint density at radius 2 is 2.00 bits per heavy atom. The number of nitrogens with zero attached hydrogens (tertiary/aromatic N) is 3. The summed E-state index contributed by atoms with van der Waals surface area (Å²) in [6.45, 7) is 0. The molecule has 2 aromatic heterocycles. The molecule has 0 amide bonds. The van der Waals surface area contributed by atoms with E-state index >= 15 is 0 Å². The molecule has 98 valence electrons. The molecule has 0 bridgehead atoms. The van der Waals surface area contributed by atoms with Gasteiger partial charge in [-0.3, -0.25) is 4.98 Å². The molecular weight excluding hydrogens is 258 g/mol. The van der Waals surface area contributed by atoms with Crippen LogP contribution in [0.3, 0.4) is 0 Å². The van der Waals surface area contributed by atoms with Crippen molar-refractivity contribution in [2.45, 2.75) is 0 Å². The van der Waals surface area contributed by atoms with Crippen LogP contribution in [0.15, 0.2) is 48.8 Å². The highest BCUT2D eigenvalue weighted by molar-refractivity contribution is 6.04. The van der Waals surface area contributed by atoms with Gasteiger partial charge in [0.25, 0.3) is 0 Å². The zero-order chi connectivity index (χ0) is 13.9. The average molecular weight is 267 g/mol. The van der Waals surface area contributed by atoms with Crippen LogP contribution in [-0.2, 0) is 0 Å². The summed E-state index contributed by atoms with van der Waals surface area (Å²) in [6, 6.07) is 10.2. The number of para-hydroxylation sites is 1. The maximum atomic E-state index is 11.5. The fourth-order valence-corrected chi connectivity index (χ4v) is 1.88. The number of hydrogen-bond acceptors (Lipinski definition) is 5. The van der Waals surface area contributed by atoms with Gasteiger partial charge in [-0.15, -0.1) is 5.10 Å². The predicted molar refractivity (Wildman–Crippen MR) is 70.8 cm³/mol. The molecule has 0 aliphatic heterocycles. The molecule has 1 aromatic carbocycles. The number of aromatic carboxylic acids is 1. The van der Waals surface area contributed by atoms with Crippen molar-refractivity contribution in [1.82, 2.24) is 15.2 Å². The van der Waals surface area contributed by atoms with Crippen LogP contribution >= 0.6 is 0 Å². The van der Waals surface area contributed by atoms with Crippen molar-refractivity contribution >= 4 is 16.9 Å². The minimum Gasteiger partial charge on any atom is -0.478 e. The van der Waals surface area contributed by atoms with Crippen molar-refractivity contribution in [3.63, 3.8) is 0 Å². The molecule has 3 rings (SSSR count). The molecular formula is C14H9N3O3. The Balaban J connectivity index is 2.15.